The lowest BCUT2D eigenvalue weighted by atomic mass is 10.0. The highest BCUT2D eigenvalue weighted by Crippen LogP contribution is 2.29. The molecular weight excluding hydrogens is 336 g/mol. The van der Waals surface area contributed by atoms with Crippen molar-refractivity contribution in [2.45, 2.75) is 19.9 Å². The molecule has 0 unspecified atom stereocenters. The lowest BCUT2D eigenvalue weighted by Gasteiger charge is -2.30. The van der Waals surface area contributed by atoms with E-state index in [0.717, 1.165) is 43.0 Å². The molecule has 4 heterocycles. The number of carbonyl (C=O) groups excluding carboxylic acids is 1. The molecular formula is C18H20N4O2S. The summed E-state index contributed by atoms with van der Waals surface area (Å²) in [5.74, 6) is 0.698. The number of rotatable bonds is 4. The maximum Gasteiger partial charge on any atom is 0.339 e. The lowest BCUT2D eigenvalue weighted by molar-refractivity contribution is 0.0525. The summed E-state index contributed by atoms with van der Waals surface area (Å²) in [6.07, 6.45) is 10.7. The van der Waals surface area contributed by atoms with Crippen LogP contribution in [0.4, 0.5) is 0 Å². The predicted octanol–water partition coefficient (Wildman–Crippen LogP) is 2.43. The number of ether oxygens (including phenoxy) is 1. The molecule has 0 radical (unpaired) electrons. The predicted molar refractivity (Wildman–Crippen MR) is 98.0 cm³/mol. The van der Waals surface area contributed by atoms with Crippen LogP contribution in [0.5, 0.6) is 0 Å². The van der Waals surface area contributed by atoms with Crippen molar-refractivity contribution in [2.24, 2.45) is 4.99 Å². The molecule has 3 aliphatic heterocycles. The fourth-order valence-electron chi connectivity index (χ4n) is 3.20. The van der Waals surface area contributed by atoms with Crippen LogP contribution in [0.3, 0.4) is 0 Å². The Hall–Kier alpha value is -2.38. The standard InChI is InChI=1S/C18H20N4O2S/c1-2-24-18(23)15-12-25-16-11-21(7-5-14(15)16)9-13-8-19-17-4-3-6-20-22(17)10-13/h3-4,6,8,10,12,20H,2,5,7,9,11H2,1H3. The largest absolute Gasteiger partial charge is 0.462 e. The number of hydrazine groups is 1. The van der Waals surface area contributed by atoms with E-state index in [1.54, 1.807) is 11.3 Å². The third-order valence-corrected chi connectivity index (χ3v) is 5.40. The summed E-state index contributed by atoms with van der Waals surface area (Å²) in [5, 5.41) is 3.86. The molecule has 0 amide bonds. The third kappa shape index (κ3) is 3.25. The van der Waals surface area contributed by atoms with Gasteiger partial charge in [0, 0.05) is 54.1 Å². The van der Waals surface area contributed by atoms with Gasteiger partial charge in [-0.05, 0) is 31.1 Å². The maximum absolute atomic E-state index is 12.0. The van der Waals surface area contributed by atoms with E-state index in [9.17, 15) is 4.79 Å². The Bertz CT molecular complexity index is 806. The van der Waals surface area contributed by atoms with Crippen LogP contribution < -0.4 is 5.43 Å². The molecule has 130 valence electrons. The van der Waals surface area contributed by atoms with Gasteiger partial charge in [-0.25, -0.2) is 14.8 Å². The second-order valence-electron chi connectivity index (χ2n) is 6.08. The van der Waals surface area contributed by atoms with Gasteiger partial charge in [-0.15, -0.1) is 11.3 Å². The van der Waals surface area contributed by atoms with E-state index in [-0.39, 0.29) is 5.97 Å². The highest BCUT2D eigenvalue weighted by Gasteiger charge is 2.25. The quantitative estimate of drug-likeness (QED) is 0.840. The van der Waals surface area contributed by atoms with Crippen molar-refractivity contribution in [1.29, 1.82) is 0 Å². The molecule has 6 nitrogen and oxygen atoms in total. The summed E-state index contributed by atoms with van der Waals surface area (Å²) in [7, 11) is 0. The van der Waals surface area contributed by atoms with Crippen molar-refractivity contribution in [1.82, 2.24) is 15.3 Å². The van der Waals surface area contributed by atoms with Gasteiger partial charge in [-0.1, -0.05) is 0 Å². The van der Waals surface area contributed by atoms with E-state index in [1.807, 2.05) is 41.9 Å². The molecule has 3 aliphatic rings. The number of hydrogen-bond acceptors (Lipinski definition) is 7. The van der Waals surface area contributed by atoms with E-state index in [0.29, 0.717) is 6.61 Å². The van der Waals surface area contributed by atoms with E-state index < -0.39 is 0 Å². The topological polar surface area (TPSA) is 57.2 Å². The molecule has 0 aliphatic carbocycles. The van der Waals surface area contributed by atoms with Gasteiger partial charge in [-0.3, -0.25) is 4.90 Å². The first-order chi connectivity index (χ1) is 12.2. The Balaban J connectivity index is 1.43. The van der Waals surface area contributed by atoms with Crippen LogP contribution >= 0.6 is 11.3 Å². The van der Waals surface area contributed by atoms with Gasteiger partial charge in [0.2, 0.25) is 0 Å². The van der Waals surface area contributed by atoms with Gasteiger partial charge in [0.05, 0.1) is 12.2 Å². The van der Waals surface area contributed by atoms with Crippen molar-refractivity contribution >= 4 is 23.5 Å². The highest BCUT2D eigenvalue weighted by atomic mass is 32.1. The molecule has 0 saturated carbocycles. The summed E-state index contributed by atoms with van der Waals surface area (Å²) in [4.78, 5) is 20.2. The van der Waals surface area contributed by atoms with Gasteiger partial charge in [0.15, 0.2) is 5.82 Å². The summed E-state index contributed by atoms with van der Waals surface area (Å²) in [6, 6.07) is 0. The van der Waals surface area contributed by atoms with Crippen LogP contribution in [0.25, 0.3) is 0 Å². The van der Waals surface area contributed by atoms with Crippen LogP contribution in [-0.4, -0.2) is 41.8 Å². The minimum Gasteiger partial charge on any atom is -0.462 e. The zero-order valence-electron chi connectivity index (χ0n) is 14.1. The van der Waals surface area contributed by atoms with Crippen LogP contribution in [-0.2, 0) is 17.7 Å². The Labute approximate surface area is 150 Å². The maximum atomic E-state index is 12.0. The number of aliphatic imine (C=N–C) groups is 1. The molecule has 1 aromatic heterocycles. The minimum atomic E-state index is -0.195. The molecule has 0 bridgehead atoms. The van der Waals surface area contributed by atoms with Gasteiger partial charge in [0.25, 0.3) is 0 Å². The summed E-state index contributed by atoms with van der Waals surface area (Å²) >= 11 is 1.65. The molecule has 4 rings (SSSR count). The summed E-state index contributed by atoms with van der Waals surface area (Å²) in [5.41, 5.74) is 6.23. The molecule has 0 fully saturated rings. The monoisotopic (exact) mass is 356 g/mol. The van der Waals surface area contributed by atoms with Gasteiger partial charge < -0.3 is 10.2 Å². The third-order valence-electron chi connectivity index (χ3n) is 4.39. The van der Waals surface area contributed by atoms with Crippen LogP contribution in [0.15, 0.2) is 46.3 Å². The van der Waals surface area contributed by atoms with Crippen molar-refractivity contribution < 1.29 is 9.53 Å². The SMILES string of the molecule is CCOC(=O)c1csc2c1CCN(CC1=CN3NC=CC=C3N=C1)C2. The summed E-state index contributed by atoms with van der Waals surface area (Å²) < 4.78 is 5.16. The van der Waals surface area contributed by atoms with Crippen molar-refractivity contribution in [3.63, 3.8) is 0 Å². The number of fused-ring (bicyclic) bond motifs is 2. The smallest absolute Gasteiger partial charge is 0.339 e. The Kier molecular flexibility index (Phi) is 4.42. The molecule has 25 heavy (non-hydrogen) atoms. The average molecular weight is 356 g/mol. The number of nitrogens with one attached hydrogen (secondary N) is 1. The molecule has 0 spiro atoms. The first-order valence-corrected chi connectivity index (χ1v) is 9.28. The minimum absolute atomic E-state index is 0.195. The Morgan fingerprint density at radius 2 is 2.40 bits per heavy atom. The zero-order valence-corrected chi connectivity index (χ0v) is 14.9. The van der Waals surface area contributed by atoms with E-state index in [4.69, 9.17) is 4.74 Å². The number of hydrogen-bond donors (Lipinski definition) is 1. The molecule has 1 aromatic rings. The summed E-state index contributed by atoms with van der Waals surface area (Å²) in [6.45, 7) is 4.88. The molecule has 1 N–H and O–H groups in total. The molecule has 7 heteroatoms. The first-order valence-electron chi connectivity index (χ1n) is 8.40. The van der Waals surface area contributed by atoms with Crippen LogP contribution in [0.2, 0.25) is 0 Å². The van der Waals surface area contributed by atoms with Gasteiger partial charge >= 0.3 is 5.97 Å². The fourth-order valence-corrected chi connectivity index (χ4v) is 4.31. The zero-order chi connectivity index (χ0) is 17.2. The number of carbonyl (C=O) groups is 1. The Morgan fingerprint density at radius 1 is 1.48 bits per heavy atom. The van der Waals surface area contributed by atoms with E-state index in [2.05, 4.69) is 21.5 Å². The second kappa shape index (κ2) is 6.85. The number of nitrogens with zero attached hydrogens (tertiary/aromatic N) is 3. The van der Waals surface area contributed by atoms with Crippen LogP contribution in [0, 0.1) is 0 Å². The number of esters is 1. The van der Waals surface area contributed by atoms with Crippen molar-refractivity contribution in [2.75, 3.05) is 19.7 Å². The highest BCUT2D eigenvalue weighted by molar-refractivity contribution is 7.10. The van der Waals surface area contributed by atoms with E-state index in [1.165, 1.54) is 10.4 Å². The Morgan fingerprint density at radius 3 is 3.28 bits per heavy atom. The van der Waals surface area contributed by atoms with Crippen molar-refractivity contribution in [3.05, 3.63) is 57.3 Å². The van der Waals surface area contributed by atoms with E-state index >= 15 is 0 Å². The average Bonchev–Trinajstić information content (AvgIpc) is 3.05. The van der Waals surface area contributed by atoms with Crippen LogP contribution in [0.1, 0.15) is 27.7 Å². The van der Waals surface area contributed by atoms with Crippen molar-refractivity contribution in [3.8, 4) is 0 Å². The second-order valence-corrected chi connectivity index (χ2v) is 7.04. The van der Waals surface area contributed by atoms with Gasteiger partial charge in [-0.2, -0.15) is 0 Å². The lowest BCUT2D eigenvalue weighted by Crippen LogP contribution is -2.36. The normalized spacial score (nSPS) is 18.8. The number of thiophene rings is 1. The molecule has 0 aromatic carbocycles. The number of allylic oxidation sites excluding steroid dienone is 2. The fraction of sp³-hybridized carbons (Fsp3) is 0.333. The molecule has 0 atom stereocenters. The van der Waals surface area contributed by atoms with Gasteiger partial charge in [0.1, 0.15) is 0 Å². The first kappa shape index (κ1) is 16.1. The molecule has 0 saturated heterocycles.